The highest BCUT2D eigenvalue weighted by atomic mass is 19.1. The number of aryl methyl sites for hydroxylation is 1. The van der Waals surface area contributed by atoms with Crippen LogP contribution in [0.1, 0.15) is 23.3 Å². The predicted molar refractivity (Wildman–Crippen MR) is 108 cm³/mol. The Morgan fingerprint density at radius 1 is 1.30 bits per heavy atom. The Morgan fingerprint density at radius 3 is 2.73 bits per heavy atom. The molecule has 2 aliphatic rings. The number of aliphatic hydroxyl groups excluding tert-OH is 1. The van der Waals surface area contributed by atoms with Gasteiger partial charge < -0.3 is 15.3 Å². The Bertz CT molecular complexity index is 945. The van der Waals surface area contributed by atoms with E-state index in [0.717, 1.165) is 12.0 Å². The van der Waals surface area contributed by atoms with Gasteiger partial charge in [0.1, 0.15) is 5.82 Å². The first-order chi connectivity index (χ1) is 14.3. The van der Waals surface area contributed by atoms with Crippen LogP contribution < -0.4 is 5.32 Å². The van der Waals surface area contributed by atoms with Gasteiger partial charge in [0, 0.05) is 33.2 Å². The van der Waals surface area contributed by atoms with Crippen molar-refractivity contribution in [1.82, 2.24) is 24.9 Å². The second-order valence-electron chi connectivity index (χ2n) is 7.98. The molecule has 1 aromatic carbocycles. The van der Waals surface area contributed by atoms with Crippen LogP contribution in [0.5, 0.6) is 0 Å². The van der Waals surface area contributed by atoms with Crippen LogP contribution >= 0.6 is 0 Å². The number of nitrogens with one attached hydrogen (secondary N) is 1. The lowest BCUT2D eigenvalue weighted by atomic mass is 10.1. The number of halogens is 1. The van der Waals surface area contributed by atoms with Crippen LogP contribution in [0.4, 0.5) is 4.39 Å². The summed E-state index contributed by atoms with van der Waals surface area (Å²) in [5.74, 6) is -0.642. The van der Waals surface area contributed by atoms with Crippen molar-refractivity contribution in [3.05, 3.63) is 41.8 Å². The molecule has 2 amide bonds. The third-order valence-electron chi connectivity index (χ3n) is 6.14. The number of benzene rings is 1. The van der Waals surface area contributed by atoms with Crippen LogP contribution in [0.15, 0.2) is 30.3 Å². The minimum atomic E-state index is -0.731. The molecule has 1 aliphatic carbocycles. The van der Waals surface area contributed by atoms with Crippen molar-refractivity contribution in [2.75, 3.05) is 26.7 Å². The molecule has 4 rings (SSSR count). The number of rotatable bonds is 4. The zero-order valence-corrected chi connectivity index (χ0v) is 17.1. The summed E-state index contributed by atoms with van der Waals surface area (Å²) in [5.41, 5.74) is 1.74. The van der Waals surface area contributed by atoms with Crippen LogP contribution in [0.3, 0.4) is 0 Å². The highest BCUT2D eigenvalue weighted by molar-refractivity contribution is 5.93. The molecule has 0 bridgehead atoms. The smallest absolute Gasteiger partial charge is 0.274 e. The van der Waals surface area contributed by atoms with Crippen molar-refractivity contribution in [3.63, 3.8) is 0 Å². The van der Waals surface area contributed by atoms with Gasteiger partial charge in [-0.2, -0.15) is 5.10 Å². The van der Waals surface area contributed by atoms with Crippen molar-refractivity contribution in [2.45, 2.75) is 31.0 Å². The SMILES string of the molecule is CN(C(=O)c1cc(-c2ccc(F)cc2)n(C)n1)[C@@H]1CC[C@@H](N2CCNC(=O)C2)[C@@H]1O. The van der Waals surface area contributed by atoms with Crippen molar-refractivity contribution >= 4 is 11.8 Å². The number of hydrogen-bond acceptors (Lipinski definition) is 5. The molecule has 2 fully saturated rings. The van der Waals surface area contributed by atoms with Crippen LogP contribution in [0.2, 0.25) is 0 Å². The van der Waals surface area contributed by atoms with E-state index in [2.05, 4.69) is 10.4 Å². The number of aromatic nitrogens is 2. The summed E-state index contributed by atoms with van der Waals surface area (Å²) in [6, 6.07) is 7.21. The predicted octanol–water partition coefficient (Wildman–Crippen LogP) is 0.622. The van der Waals surface area contributed by atoms with E-state index in [-0.39, 0.29) is 42.0 Å². The Labute approximate surface area is 174 Å². The summed E-state index contributed by atoms with van der Waals surface area (Å²) < 4.78 is 14.8. The van der Waals surface area contributed by atoms with Gasteiger partial charge in [0.15, 0.2) is 5.69 Å². The maximum atomic E-state index is 13.2. The van der Waals surface area contributed by atoms with Gasteiger partial charge in [0.2, 0.25) is 5.91 Å². The first-order valence-corrected chi connectivity index (χ1v) is 10.1. The van der Waals surface area contributed by atoms with Crippen molar-refractivity contribution in [3.8, 4) is 11.3 Å². The molecule has 8 nitrogen and oxygen atoms in total. The molecule has 1 aromatic heterocycles. The lowest BCUT2D eigenvalue weighted by Gasteiger charge is -2.35. The maximum absolute atomic E-state index is 13.2. The summed E-state index contributed by atoms with van der Waals surface area (Å²) in [5, 5.41) is 18.0. The van der Waals surface area contributed by atoms with E-state index >= 15 is 0 Å². The molecule has 30 heavy (non-hydrogen) atoms. The summed E-state index contributed by atoms with van der Waals surface area (Å²) >= 11 is 0. The van der Waals surface area contributed by atoms with Gasteiger partial charge in [-0.3, -0.25) is 19.2 Å². The fraction of sp³-hybridized carbons (Fsp3) is 0.476. The topological polar surface area (TPSA) is 90.7 Å². The number of carbonyl (C=O) groups excluding carboxylic acids is 2. The number of amides is 2. The van der Waals surface area contributed by atoms with E-state index in [0.29, 0.717) is 25.2 Å². The monoisotopic (exact) mass is 415 g/mol. The molecule has 1 saturated heterocycles. The standard InChI is InChI=1S/C21H26FN5O3/c1-25(16-7-8-17(20(16)29)27-10-9-23-19(28)12-27)21(30)15-11-18(26(2)24-15)13-3-5-14(22)6-4-13/h3-6,11,16-17,20,29H,7-10,12H2,1-2H3,(H,23,28)/t16-,17-,20-/m1/s1. The Balaban J connectivity index is 1.48. The number of carbonyl (C=O) groups is 2. The van der Waals surface area contributed by atoms with E-state index in [4.69, 9.17) is 0 Å². The quantitative estimate of drug-likeness (QED) is 0.764. The number of nitrogens with zero attached hydrogens (tertiary/aromatic N) is 4. The molecule has 3 atom stereocenters. The van der Waals surface area contributed by atoms with Crippen LogP contribution in [0.25, 0.3) is 11.3 Å². The fourth-order valence-corrected chi connectivity index (χ4v) is 4.50. The zero-order valence-electron chi connectivity index (χ0n) is 17.1. The third-order valence-corrected chi connectivity index (χ3v) is 6.14. The van der Waals surface area contributed by atoms with Crippen molar-refractivity contribution < 1.29 is 19.1 Å². The van der Waals surface area contributed by atoms with Crippen molar-refractivity contribution in [2.24, 2.45) is 7.05 Å². The van der Waals surface area contributed by atoms with Gasteiger partial charge >= 0.3 is 0 Å². The fourth-order valence-electron chi connectivity index (χ4n) is 4.50. The number of hydrogen-bond donors (Lipinski definition) is 2. The highest BCUT2D eigenvalue weighted by Gasteiger charge is 2.42. The summed E-state index contributed by atoms with van der Waals surface area (Å²) in [6.07, 6.45) is 0.647. The summed E-state index contributed by atoms with van der Waals surface area (Å²) in [4.78, 5) is 28.3. The van der Waals surface area contributed by atoms with E-state index in [9.17, 15) is 19.1 Å². The van der Waals surface area contributed by atoms with E-state index in [1.807, 2.05) is 4.90 Å². The molecule has 0 radical (unpaired) electrons. The highest BCUT2D eigenvalue weighted by Crippen LogP contribution is 2.29. The Kier molecular flexibility index (Phi) is 5.57. The molecular formula is C21H26FN5O3. The zero-order chi connectivity index (χ0) is 21.4. The Hall–Kier alpha value is -2.78. The van der Waals surface area contributed by atoms with Crippen LogP contribution in [-0.2, 0) is 11.8 Å². The van der Waals surface area contributed by atoms with Gasteiger partial charge in [-0.15, -0.1) is 0 Å². The molecule has 1 saturated carbocycles. The van der Waals surface area contributed by atoms with Crippen LogP contribution in [0, 0.1) is 5.82 Å². The first kappa shape index (κ1) is 20.5. The molecule has 0 unspecified atom stereocenters. The van der Waals surface area contributed by atoms with Crippen LogP contribution in [-0.4, -0.2) is 81.4 Å². The second-order valence-corrected chi connectivity index (χ2v) is 7.98. The largest absolute Gasteiger partial charge is 0.389 e. The summed E-state index contributed by atoms with van der Waals surface area (Å²) in [6.45, 7) is 1.54. The molecule has 2 heterocycles. The molecular weight excluding hydrogens is 389 g/mol. The van der Waals surface area contributed by atoms with E-state index in [1.165, 1.54) is 12.1 Å². The van der Waals surface area contributed by atoms with E-state index in [1.54, 1.807) is 41.9 Å². The van der Waals surface area contributed by atoms with Gasteiger partial charge in [-0.1, -0.05) is 0 Å². The van der Waals surface area contributed by atoms with Gasteiger partial charge in [0.25, 0.3) is 5.91 Å². The molecule has 2 aromatic rings. The van der Waals surface area contributed by atoms with E-state index < -0.39 is 6.10 Å². The molecule has 2 N–H and O–H groups in total. The minimum absolute atomic E-state index is 0.0388. The summed E-state index contributed by atoms with van der Waals surface area (Å²) in [7, 11) is 3.41. The number of piperazine rings is 1. The first-order valence-electron chi connectivity index (χ1n) is 10.1. The minimum Gasteiger partial charge on any atom is -0.389 e. The number of aliphatic hydroxyl groups is 1. The van der Waals surface area contributed by atoms with Gasteiger partial charge in [-0.25, -0.2) is 4.39 Å². The molecule has 160 valence electrons. The van der Waals surface area contributed by atoms with Gasteiger partial charge in [0.05, 0.1) is 24.4 Å². The Morgan fingerprint density at radius 2 is 2.03 bits per heavy atom. The lowest BCUT2D eigenvalue weighted by molar-refractivity contribution is -0.125. The van der Waals surface area contributed by atoms with Crippen molar-refractivity contribution in [1.29, 1.82) is 0 Å². The molecule has 9 heteroatoms. The molecule has 0 spiro atoms. The maximum Gasteiger partial charge on any atom is 0.274 e. The normalized spacial score (nSPS) is 24.7. The van der Waals surface area contributed by atoms with Gasteiger partial charge in [-0.05, 0) is 48.7 Å². The molecule has 1 aliphatic heterocycles. The second kappa shape index (κ2) is 8.16. The lowest BCUT2D eigenvalue weighted by Crippen LogP contribution is -2.55. The average Bonchev–Trinajstić information content (AvgIpc) is 3.30. The average molecular weight is 415 g/mol. The number of likely N-dealkylation sites (N-methyl/N-ethyl adjacent to an activating group) is 1. The third kappa shape index (κ3) is 3.82.